The Kier molecular flexibility index (Phi) is 5.58. The minimum Gasteiger partial charge on any atom is -0.478 e. The molecule has 0 amide bonds. The lowest BCUT2D eigenvalue weighted by molar-refractivity contribution is -0.0884. The molecule has 3 N–H and O–H groups in total. The zero-order valence-electron chi connectivity index (χ0n) is 16.1. The molecule has 4 aromatic rings. The van der Waals surface area contributed by atoms with Crippen LogP contribution in [0.15, 0.2) is 36.7 Å². The first-order valence-electron chi connectivity index (χ1n) is 8.79. The van der Waals surface area contributed by atoms with Crippen LogP contribution in [0.1, 0.15) is 31.8 Å². The number of aromatic nitrogens is 2. The molecule has 0 aliphatic rings. The second kappa shape index (κ2) is 7.86. The van der Waals surface area contributed by atoms with Crippen LogP contribution in [-0.2, 0) is 0 Å². The van der Waals surface area contributed by atoms with E-state index in [0.29, 0.717) is 27.5 Å². The molecule has 10 heteroatoms. The SMILES string of the molecule is Cc1cc2[nH]cc(C(=O)C(F)(F)F)c2cc1F.Cc1cc2[nH]cc(C(=O)O)c2cc1F. The van der Waals surface area contributed by atoms with E-state index in [2.05, 4.69) is 9.97 Å². The first-order valence-corrected chi connectivity index (χ1v) is 8.79. The van der Waals surface area contributed by atoms with E-state index >= 15 is 0 Å². The molecule has 0 radical (unpaired) electrons. The first kappa shape index (κ1) is 22.0. The van der Waals surface area contributed by atoms with Gasteiger partial charge < -0.3 is 15.1 Å². The van der Waals surface area contributed by atoms with Crippen LogP contribution in [0.25, 0.3) is 21.8 Å². The van der Waals surface area contributed by atoms with Gasteiger partial charge in [0.2, 0.25) is 0 Å². The topological polar surface area (TPSA) is 86.0 Å². The first-order chi connectivity index (χ1) is 14.4. The van der Waals surface area contributed by atoms with Gasteiger partial charge in [0.05, 0.1) is 11.1 Å². The van der Waals surface area contributed by atoms with Gasteiger partial charge in [0, 0.05) is 34.2 Å². The van der Waals surface area contributed by atoms with Crippen molar-refractivity contribution in [3.05, 3.63) is 70.5 Å². The fraction of sp³-hybridized carbons (Fsp3) is 0.143. The average Bonchev–Trinajstić information content (AvgIpc) is 3.25. The summed E-state index contributed by atoms with van der Waals surface area (Å²) in [7, 11) is 0. The van der Waals surface area contributed by atoms with Crippen molar-refractivity contribution in [1.29, 1.82) is 0 Å². The molecule has 0 spiro atoms. The van der Waals surface area contributed by atoms with E-state index in [0.717, 1.165) is 12.3 Å². The van der Waals surface area contributed by atoms with Crippen molar-refractivity contribution < 1.29 is 36.6 Å². The summed E-state index contributed by atoms with van der Waals surface area (Å²) >= 11 is 0. The molecular weight excluding hydrogens is 423 g/mol. The molecule has 2 heterocycles. The molecule has 0 fully saturated rings. The lowest BCUT2D eigenvalue weighted by atomic mass is 10.1. The third-order valence-corrected chi connectivity index (χ3v) is 4.65. The molecule has 0 saturated heterocycles. The van der Waals surface area contributed by atoms with Gasteiger partial charge >= 0.3 is 12.1 Å². The number of aromatic amines is 2. The maximum absolute atomic E-state index is 13.3. The zero-order valence-corrected chi connectivity index (χ0v) is 16.1. The highest BCUT2D eigenvalue weighted by molar-refractivity contribution is 6.10. The Morgan fingerprint density at radius 2 is 1.23 bits per heavy atom. The Morgan fingerprint density at radius 3 is 1.65 bits per heavy atom. The summed E-state index contributed by atoms with van der Waals surface area (Å²) in [5.41, 5.74) is 1.27. The normalized spacial score (nSPS) is 11.5. The van der Waals surface area contributed by atoms with Crippen LogP contribution in [0.2, 0.25) is 0 Å². The van der Waals surface area contributed by atoms with Gasteiger partial charge in [0.15, 0.2) is 0 Å². The van der Waals surface area contributed by atoms with E-state index in [1.165, 1.54) is 25.3 Å². The molecule has 0 atom stereocenters. The number of ketones is 1. The molecule has 0 bridgehead atoms. The van der Waals surface area contributed by atoms with E-state index in [1.54, 1.807) is 13.0 Å². The number of benzene rings is 2. The Labute approximate surface area is 171 Å². The Bertz CT molecular complexity index is 1320. The number of hydrogen-bond acceptors (Lipinski definition) is 2. The number of carbonyl (C=O) groups excluding carboxylic acids is 1. The van der Waals surface area contributed by atoms with Crippen molar-refractivity contribution in [1.82, 2.24) is 9.97 Å². The number of hydrogen-bond donors (Lipinski definition) is 3. The van der Waals surface area contributed by atoms with E-state index < -0.39 is 29.3 Å². The molecule has 5 nitrogen and oxygen atoms in total. The van der Waals surface area contributed by atoms with Crippen LogP contribution in [0, 0.1) is 25.5 Å². The summed E-state index contributed by atoms with van der Waals surface area (Å²) in [6.45, 7) is 3.12. The number of H-pyrrole nitrogens is 2. The van der Waals surface area contributed by atoms with Gasteiger partial charge in [0.1, 0.15) is 11.6 Å². The average molecular weight is 438 g/mol. The van der Waals surface area contributed by atoms with Crippen LogP contribution in [-0.4, -0.2) is 33.0 Å². The maximum Gasteiger partial charge on any atom is 0.454 e. The van der Waals surface area contributed by atoms with Crippen LogP contribution in [0.4, 0.5) is 22.0 Å². The number of alkyl halides is 3. The van der Waals surface area contributed by atoms with Crippen LogP contribution < -0.4 is 0 Å². The standard InChI is InChI=1S/C11H7F4NO.C10H8FNO2/c1-5-2-9-6(3-8(5)12)7(4-16-9)10(17)11(13,14)15;1-5-2-9-6(3-8(5)11)7(4-12-9)10(13)14/h2-4,16H,1H3;2-4,12H,1H3,(H,13,14). The second-order valence-corrected chi connectivity index (χ2v) is 6.83. The number of carbonyl (C=O) groups is 2. The van der Waals surface area contributed by atoms with Gasteiger partial charge in [-0.15, -0.1) is 0 Å². The van der Waals surface area contributed by atoms with E-state index in [4.69, 9.17) is 5.11 Å². The number of nitrogens with one attached hydrogen (secondary N) is 2. The van der Waals surface area contributed by atoms with Crippen LogP contribution in [0.3, 0.4) is 0 Å². The number of carboxylic acids is 1. The summed E-state index contributed by atoms with van der Waals surface area (Å²) in [6.07, 6.45) is -2.65. The summed E-state index contributed by atoms with van der Waals surface area (Å²) in [5.74, 6) is -4.07. The molecular formula is C21H15F5N2O3. The van der Waals surface area contributed by atoms with Gasteiger partial charge in [0.25, 0.3) is 5.78 Å². The quantitative estimate of drug-likeness (QED) is 0.278. The fourth-order valence-corrected chi connectivity index (χ4v) is 3.02. The zero-order chi connectivity index (χ0) is 23.1. The summed E-state index contributed by atoms with van der Waals surface area (Å²) in [5, 5.41) is 9.13. The van der Waals surface area contributed by atoms with Gasteiger partial charge in [-0.25, -0.2) is 13.6 Å². The second-order valence-electron chi connectivity index (χ2n) is 6.83. The Hall–Kier alpha value is -3.69. The lowest BCUT2D eigenvalue weighted by Gasteiger charge is -2.03. The lowest BCUT2D eigenvalue weighted by Crippen LogP contribution is -2.22. The molecule has 2 aromatic heterocycles. The maximum atomic E-state index is 13.3. The van der Waals surface area contributed by atoms with Gasteiger partial charge in [-0.3, -0.25) is 4.79 Å². The van der Waals surface area contributed by atoms with E-state index in [9.17, 15) is 31.5 Å². The van der Waals surface area contributed by atoms with Crippen LogP contribution >= 0.6 is 0 Å². The van der Waals surface area contributed by atoms with Gasteiger partial charge in [-0.1, -0.05) is 0 Å². The summed E-state index contributed by atoms with van der Waals surface area (Å²) < 4.78 is 63.2. The van der Waals surface area contributed by atoms with Crippen molar-refractivity contribution >= 4 is 33.6 Å². The van der Waals surface area contributed by atoms with Gasteiger partial charge in [-0.05, 0) is 49.2 Å². The molecule has 0 aliphatic heterocycles. The molecule has 0 aliphatic carbocycles. The van der Waals surface area contributed by atoms with Gasteiger partial charge in [-0.2, -0.15) is 13.2 Å². The van der Waals surface area contributed by atoms with E-state index in [-0.39, 0.29) is 16.8 Å². The number of rotatable bonds is 2. The highest BCUT2D eigenvalue weighted by atomic mass is 19.4. The number of aromatic carboxylic acids is 1. The van der Waals surface area contributed by atoms with E-state index in [1.807, 2.05) is 0 Å². The molecule has 0 unspecified atom stereocenters. The Balaban J connectivity index is 0.000000179. The van der Waals surface area contributed by atoms with Crippen molar-refractivity contribution in [2.45, 2.75) is 20.0 Å². The number of fused-ring (bicyclic) bond motifs is 2. The predicted octanol–water partition coefficient (Wildman–Crippen LogP) is 5.67. The predicted molar refractivity (Wildman–Crippen MR) is 103 cm³/mol. The van der Waals surface area contributed by atoms with Crippen molar-refractivity contribution in [2.24, 2.45) is 0 Å². The van der Waals surface area contributed by atoms with Crippen molar-refractivity contribution in [3.8, 4) is 0 Å². The summed E-state index contributed by atoms with van der Waals surface area (Å²) in [6, 6.07) is 5.12. The third-order valence-electron chi connectivity index (χ3n) is 4.65. The fourth-order valence-electron chi connectivity index (χ4n) is 3.02. The number of carboxylic acid groups (broad SMARTS) is 1. The smallest absolute Gasteiger partial charge is 0.454 e. The summed E-state index contributed by atoms with van der Waals surface area (Å²) in [4.78, 5) is 27.1. The monoisotopic (exact) mass is 438 g/mol. The Morgan fingerprint density at radius 1 is 0.806 bits per heavy atom. The highest BCUT2D eigenvalue weighted by Crippen LogP contribution is 2.28. The highest BCUT2D eigenvalue weighted by Gasteiger charge is 2.40. The molecule has 4 rings (SSSR count). The largest absolute Gasteiger partial charge is 0.478 e. The number of aryl methyl sites for hydroxylation is 2. The van der Waals surface area contributed by atoms with Crippen molar-refractivity contribution in [3.63, 3.8) is 0 Å². The number of Topliss-reactive ketones (excluding diaryl/α,β-unsaturated/α-hetero) is 1. The third kappa shape index (κ3) is 4.27. The minimum atomic E-state index is -4.96. The number of halogens is 5. The molecule has 0 saturated carbocycles. The molecule has 2 aromatic carbocycles. The van der Waals surface area contributed by atoms with Crippen LogP contribution in [0.5, 0.6) is 0 Å². The minimum absolute atomic E-state index is 0.0598. The molecule has 31 heavy (non-hydrogen) atoms. The molecule has 162 valence electrons. The van der Waals surface area contributed by atoms with Crippen molar-refractivity contribution in [2.75, 3.05) is 0 Å².